The Morgan fingerprint density at radius 3 is 2.29 bits per heavy atom. The number of allylic oxidation sites excluding steroid dienone is 1. The van der Waals surface area contributed by atoms with E-state index in [4.69, 9.17) is 5.21 Å². The summed E-state index contributed by atoms with van der Waals surface area (Å²) in [6, 6.07) is 14.0. The van der Waals surface area contributed by atoms with Crippen molar-refractivity contribution in [3.63, 3.8) is 0 Å². The number of carbonyl (C=O) groups excluding carboxylic acids is 2. The number of hydrogen-bond donors (Lipinski definition) is 3. The van der Waals surface area contributed by atoms with Crippen molar-refractivity contribution in [3.8, 4) is 0 Å². The number of amides is 1. The SMILES string of the molecule is CC1CN(Cc2ccc(C(=O)/C=C/c3cccc(/C=C/C(=O)NO)n3)cc2)CC(C)N1. The molecular formula is C24H28N4O3. The van der Waals surface area contributed by atoms with Crippen LogP contribution in [0.25, 0.3) is 12.2 Å². The van der Waals surface area contributed by atoms with Crippen molar-refractivity contribution in [3.05, 3.63) is 77.1 Å². The largest absolute Gasteiger partial charge is 0.309 e. The smallest absolute Gasteiger partial charge is 0.267 e. The molecule has 1 saturated heterocycles. The van der Waals surface area contributed by atoms with E-state index in [9.17, 15) is 9.59 Å². The maximum atomic E-state index is 12.5. The summed E-state index contributed by atoms with van der Waals surface area (Å²) in [5.41, 5.74) is 4.47. The molecule has 0 spiro atoms. The van der Waals surface area contributed by atoms with Crippen LogP contribution in [-0.2, 0) is 11.3 Å². The Balaban J connectivity index is 1.60. The van der Waals surface area contributed by atoms with Crippen molar-refractivity contribution >= 4 is 23.8 Å². The van der Waals surface area contributed by atoms with Crippen LogP contribution in [0.4, 0.5) is 0 Å². The molecule has 2 aromatic rings. The highest BCUT2D eigenvalue weighted by Gasteiger charge is 2.20. The highest BCUT2D eigenvalue weighted by Crippen LogP contribution is 2.13. The van der Waals surface area contributed by atoms with Gasteiger partial charge in [0.25, 0.3) is 5.91 Å². The molecule has 0 bridgehead atoms. The van der Waals surface area contributed by atoms with E-state index in [1.807, 2.05) is 24.3 Å². The van der Waals surface area contributed by atoms with E-state index in [0.717, 1.165) is 19.6 Å². The molecule has 0 saturated carbocycles. The van der Waals surface area contributed by atoms with Gasteiger partial charge in [0.2, 0.25) is 0 Å². The van der Waals surface area contributed by atoms with E-state index >= 15 is 0 Å². The van der Waals surface area contributed by atoms with Crippen molar-refractivity contribution in [2.75, 3.05) is 13.1 Å². The minimum Gasteiger partial charge on any atom is -0.309 e. The number of ketones is 1. The van der Waals surface area contributed by atoms with E-state index in [2.05, 4.69) is 29.0 Å². The number of rotatable bonds is 7. The zero-order chi connectivity index (χ0) is 22.2. The Morgan fingerprint density at radius 1 is 1.06 bits per heavy atom. The van der Waals surface area contributed by atoms with Crippen molar-refractivity contribution in [1.82, 2.24) is 20.7 Å². The van der Waals surface area contributed by atoms with Gasteiger partial charge in [0.05, 0.1) is 11.4 Å². The molecule has 2 heterocycles. The first-order chi connectivity index (χ1) is 14.9. The fourth-order valence-electron chi connectivity index (χ4n) is 3.71. The summed E-state index contributed by atoms with van der Waals surface area (Å²) in [7, 11) is 0. The first kappa shape index (κ1) is 22.6. The van der Waals surface area contributed by atoms with E-state index < -0.39 is 5.91 Å². The normalized spacial score (nSPS) is 19.7. The topological polar surface area (TPSA) is 94.6 Å². The number of aromatic nitrogens is 1. The predicted molar refractivity (Wildman–Crippen MR) is 120 cm³/mol. The summed E-state index contributed by atoms with van der Waals surface area (Å²) in [5.74, 6) is -0.735. The van der Waals surface area contributed by atoms with Gasteiger partial charge in [-0.3, -0.25) is 19.7 Å². The fourth-order valence-corrected chi connectivity index (χ4v) is 3.71. The van der Waals surface area contributed by atoms with E-state index in [-0.39, 0.29) is 5.78 Å². The molecule has 1 aromatic heterocycles. The van der Waals surface area contributed by atoms with Gasteiger partial charge in [-0.25, -0.2) is 10.5 Å². The molecule has 3 rings (SSSR count). The molecule has 3 N–H and O–H groups in total. The first-order valence-corrected chi connectivity index (χ1v) is 10.3. The van der Waals surface area contributed by atoms with Crippen LogP contribution < -0.4 is 10.8 Å². The molecule has 1 amide bonds. The lowest BCUT2D eigenvalue weighted by Crippen LogP contribution is -2.53. The van der Waals surface area contributed by atoms with Gasteiger partial charge >= 0.3 is 0 Å². The standard InChI is InChI=1S/C24H28N4O3/c1-17-14-28(15-18(2)25-17)16-19-6-8-20(9-7-19)23(29)12-10-21-4-3-5-22(26-21)11-13-24(30)27-31/h3-13,17-18,25,31H,14-16H2,1-2H3,(H,27,30)/b12-10+,13-11+. The van der Waals surface area contributed by atoms with Gasteiger partial charge in [-0.1, -0.05) is 30.3 Å². The molecule has 0 aliphatic carbocycles. The zero-order valence-corrected chi connectivity index (χ0v) is 17.8. The number of nitrogens with one attached hydrogen (secondary N) is 2. The van der Waals surface area contributed by atoms with Crippen LogP contribution in [0, 0.1) is 0 Å². The maximum Gasteiger partial charge on any atom is 0.267 e. The summed E-state index contributed by atoms with van der Waals surface area (Å²) in [5, 5.41) is 12.1. The molecule has 1 fully saturated rings. The third kappa shape index (κ3) is 6.96. The number of pyridine rings is 1. The van der Waals surface area contributed by atoms with Crippen LogP contribution in [0.3, 0.4) is 0 Å². The molecule has 1 aliphatic heterocycles. The zero-order valence-electron chi connectivity index (χ0n) is 17.8. The summed E-state index contributed by atoms with van der Waals surface area (Å²) in [4.78, 5) is 30.4. The van der Waals surface area contributed by atoms with Gasteiger partial charge in [-0.05, 0) is 49.8 Å². The van der Waals surface area contributed by atoms with Crippen molar-refractivity contribution < 1.29 is 14.8 Å². The van der Waals surface area contributed by atoms with E-state index in [1.165, 1.54) is 29.3 Å². The number of piperazine rings is 1. The quantitative estimate of drug-likeness (QED) is 0.276. The van der Waals surface area contributed by atoms with Gasteiger partial charge in [-0.2, -0.15) is 0 Å². The lowest BCUT2D eigenvalue weighted by atomic mass is 10.1. The minimum atomic E-state index is -0.637. The van der Waals surface area contributed by atoms with Gasteiger partial charge < -0.3 is 5.32 Å². The van der Waals surface area contributed by atoms with Gasteiger partial charge in [0.1, 0.15) is 0 Å². The lowest BCUT2D eigenvalue weighted by Gasteiger charge is -2.36. The molecule has 1 aliphatic rings. The molecule has 31 heavy (non-hydrogen) atoms. The third-order valence-corrected chi connectivity index (χ3v) is 4.99. The molecule has 7 heteroatoms. The number of carbonyl (C=O) groups is 2. The van der Waals surface area contributed by atoms with Gasteiger partial charge in [-0.15, -0.1) is 0 Å². The number of hydrogen-bond acceptors (Lipinski definition) is 6. The lowest BCUT2D eigenvalue weighted by molar-refractivity contribution is -0.124. The summed E-state index contributed by atoms with van der Waals surface area (Å²) >= 11 is 0. The second kappa shape index (κ2) is 10.8. The Labute approximate surface area is 182 Å². The second-order valence-corrected chi connectivity index (χ2v) is 7.85. The maximum absolute atomic E-state index is 12.5. The Bertz CT molecular complexity index is 959. The Kier molecular flexibility index (Phi) is 7.83. The van der Waals surface area contributed by atoms with Crippen molar-refractivity contribution in [2.45, 2.75) is 32.5 Å². The number of hydroxylamine groups is 1. The van der Waals surface area contributed by atoms with Crippen LogP contribution in [0.5, 0.6) is 0 Å². The van der Waals surface area contributed by atoms with E-state index in [0.29, 0.717) is 29.0 Å². The molecule has 162 valence electrons. The molecule has 0 radical (unpaired) electrons. The van der Waals surface area contributed by atoms with Crippen LogP contribution in [0.2, 0.25) is 0 Å². The average molecular weight is 421 g/mol. The highest BCUT2D eigenvalue weighted by molar-refractivity contribution is 6.06. The Morgan fingerprint density at radius 2 is 1.68 bits per heavy atom. The molecule has 7 nitrogen and oxygen atoms in total. The molecule has 2 unspecified atom stereocenters. The van der Waals surface area contributed by atoms with E-state index in [1.54, 1.807) is 24.3 Å². The number of benzene rings is 1. The van der Waals surface area contributed by atoms with Gasteiger partial charge in [0, 0.05) is 43.4 Å². The van der Waals surface area contributed by atoms with Crippen LogP contribution in [0.1, 0.15) is 41.2 Å². The predicted octanol–water partition coefficient (Wildman–Crippen LogP) is 2.68. The van der Waals surface area contributed by atoms with Crippen LogP contribution in [0.15, 0.2) is 54.6 Å². The van der Waals surface area contributed by atoms with Crippen LogP contribution >= 0.6 is 0 Å². The monoisotopic (exact) mass is 420 g/mol. The summed E-state index contributed by atoms with van der Waals surface area (Å²) in [6.45, 7) is 7.30. The molecule has 2 atom stereocenters. The van der Waals surface area contributed by atoms with Crippen LogP contribution in [-0.4, -0.2) is 52.0 Å². The molecular weight excluding hydrogens is 392 g/mol. The minimum absolute atomic E-state index is 0.0987. The average Bonchev–Trinajstić information content (AvgIpc) is 2.76. The highest BCUT2D eigenvalue weighted by atomic mass is 16.5. The van der Waals surface area contributed by atoms with Crippen molar-refractivity contribution in [2.24, 2.45) is 0 Å². The fraction of sp³-hybridized carbons (Fsp3) is 0.292. The number of nitrogens with zero attached hydrogens (tertiary/aromatic N) is 2. The third-order valence-electron chi connectivity index (χ3n) is 4.99. The first-order valence-electron chi connectivity index (χ1n) is 10.3. The second-order valence-electron chi connectivity index (χ2n) is 7.85. The van der Waals surface area contributed by atoms with Gasteiger partial charge in [0.15, 0.2) is 5.78 Å². The summed E-state index contributed by atoms with van der Waals surface area (Å²) in [6.07, 6.45) is 5.78. The summed E-state index contributed by atoms with van der Waals surface area (Å²) < 4.78 is 0. The molecule has 1 aromatic carbocycles. The van der Waals surface area contributed by atoms with Crippen molar-refractivity contribution in [1.29, 1.82) is 0 Å². The Hall–Kier alpha value is -3.13.